The van der Waals surface area contributed by atoms with Crippen molar-refractivity contribution in [3.8, 4) is 5.75 Å². The molecule has 13 heavy (non-hydrogen) atoms. The summed E-state index contributed by atoms with van der Waals surface area (Å²) in [5.74, 6) is 1.53. The molecule has 0 aliphatic rings. The van der Waals surface area contributed by atoms with Crippen LogP contribution in [0.15, 0.2) is 22.7 Å². The van der Waals surface area contributed by atoms with E-state index in [2.05, 4.69) is 15.9 Å². The average Bonchev–Trinajstić information content (AvgIpc) is 2.09. The molecular weight excluding hydrogens is 251 g/mol. The van der Waals surface area contributed by atoms with Gasteiger partial charge in [-0.2, -0.15) is 0 Å². The molecule has 0 unspecified atom stereocenters. The summed E-state index contributed by atoms with van der Waals surface area (Å²) in [5.41, 5.74) is 1.22. The normalized spacial score (nSPS) is 10.1. The van der Waals surface area contributed by atoms with Crippen LogP contribution in [0.25, 0.3) is 0 Å². The van der Waals surface area contributed by atoms with Crippen molar-refractivity contribution in [3.63, 3.8) is 0 Å². The summed E-state index contributed by atoms with van der Waals surface area (Å²) in [6.45, 7) is 2.72. The van der Waals surface area contributed by atoms with E-state index in [0.717, 1.165) is 16.6 Å². The zero-order valence-electron chi connectivity index (χ0n) is 7.52. The van der Waals surface area contributed by atoms with Crippen molar-refractivity contribution in [2.75, 3.05) is 12.5 Å². The van der Waals surface area contributed by atoms with Crippen LogP contribution in [-0.4, -0.2) is 12.5 Å². The number of benzene rings is 1. The van der Waals surface area contributed by atoms with E-state index in [1.165, 1.54) is 5.56 Å². The molecule has 0 bridgehead atoms. The molecule has 0 heterocycles. The fourth-order valence-electron chi connectivity index (χ4n) is 0.960. The van der Waals surface area contributed by atoms with Gasteiger partial charge in [-0.1, -0.05) is 6.07 Å². The fraction of sp³-hybridized carbons (Fsp3) is 0.400. The Bertz CT molecular complexity index is 276. The van der Waals surface area contributed by atoms with Crippen molar-refractivity contribution in [1.82, 2.24) is 0 Å². The molecule has 0 amide bonds. The standard InChI is InChI=1S/C10H12BrClO/c1-8-3-4-10(9(11)7-8)13-6-2-5-12/h3-4,7H,2,5-6H2,1H3. The van der Waals surface area contributed by atoms with Gasteiger partial charge in [-0.25, -0.2) is 0 Å². The molecule has 0 aliphatic heterocycles. The van der Waals surface area contributed by atoms with Crippen LogP contribution in [0.3, 0.4) is 0 Å². The lowest BCUT2D eigenvalue weighted by Gasteiger charge is -2.07. The van der Waals surface area contributed by atoms with Crippen LogP contribution in [-0.2, 0) is 0 Å². The molecule has 0 spiro atoms. The van der Waals surface area contributed by atoms with Gasteiger partial charge in [-0.15, -0.1) is 11.6 Å². The number of hydrogen-bond acceptors (Lipinski definition) is 1. The van der Waals surface area contributed by atoms with E-state index in [9.17, 15) is 0 Å². The first kappa shape index (κ1) is 10.9. The molecular formula is C10H12BrClO. The van der Waals surface area contributed by atoms with Gasteiger partial charge in [-0.3, -0.25) is 0 Å². The van der Waals surface area contributed by atoms with Crippen molar-refractivity contribution in [2.24, 2.45) is 0 Å². The highest BCUT2D eigenvalue weighted by Gasteiger charge is 1.99. The van der Waals surface area contributed by atoms with Crippen molar-refractivity contribution < 1.29 is 4.74 Å². The van der Waals surface area contributed by atoms with Crippen LogP contribution in [0.2, 0.25) is 0 Å². The summed E-state index contributed by atoms with van der Waals surface area (Å²) in [5, 5.41) is 0. The highest BCUT2D eigenvalue weighted by Crippen LogP contribution is 2.25. The van der Waals surface area contributed by atoms with E-state index in [0.29, 0.717) is 12.5 Å². The molecule has 1 aromatic carbocycles. The minimum absolute atomic E-state index is 0.642. The number of ether oxygens (including phenoxy) is 1. The summed E-state index contributed by atoms with van der Waals surface area (Å²) in [4.78, 5) is 0. The number of halogens is 2. The number of alkyl halides is 1. The predicted octanol–water partition coefficient (Wildman–Crippen LogP) is 3.77. The van der Waals surface area contributed by atoms with Crippen LogP contribution < -0.4 is 4.74 Å². The van der Waals surface area contributed by atoms with Crippen LogP contribution in [0.1, 0.15) is 12.0 Å². The maximum Gasteiger partial charge on any atom is 0.133 e. The van der Waals surface area contributed by atoms with Crippen LogP contribution in [0.4, 0.5) is 0 Å². The van der Waals surface area contributed by atoms with Crippen molar-refractivity contribution >= 4 is 27.5 Å². The molecule has 1 rings (SSSR count). The molecule has 0 saturated heterocycles. The SMILES string of the molecule is Cc1ccc(OCCCCl)c(Br)c1. The van der Waals surface area contributed by atoms with Gasteiger partial charge >= 0.3 is 0 Å². The second-order valence-electron chi connectivity index (χ2n) is 2.82. The third kappa shape index (κ3) is 3.57. The third-order valence-electron chi connectivity index (χ3n) is 1.62. The van der Waals surface area contributed by atoms with Crippen LogP contribution in [0, 0.1) is 6.92 Å². The second kappa shape index (κ2) is 5.51. The van der Waals surface area contributed by atoms with Gasteiger partial charge in [0, 0.05) is 5.88 Å². The zero-order valence-corrected chi connectivity index (χ0v) is 9.86. The smallest absolute Gasteiger partial charge is 0.133 e. The lowest BCUT2D eigenvalue weighted by molar-refractivity contribution is 0.316. The Labute approximate surface area is 92.2 Å². The highest BCUT2D eigenvalue weighted by atomic mass is 79.9. The van der Waals surface area contributed by atoms with Gasteiger partial charge in [0.05, 0.1) is 11.1 Å². The molecule has 0 fully saturated rings. The van der Waals surface area contributed by atoms with Crippen molar-refractivity contribution in [1.29, 1.82) is 0 Å². The number of hydrogen-bond donors (Lipinski definition) is 0. The van der Waals surface area contributed by atoms with E-state index in [-0.39, 0.29) is 0 Å². The maximum absolute atomic E-state index is 5.54. The molecule has 1 aromatic rings. The predicted molar refractivity (Wildman–Crippen MR) is 59.7 cm³/mol. The van der Waals surface area contributed by atoms with E-state index in [1.807, 2.05) is 25.1 Å². The average molecular weight is 264 g/mol. The van der Waals surface area contributed by atoms with Gasteiger partial charge in [0.1, 0.15) is 5.75 Å². The molecule has 0 atom stereocenters. The lowest BCUT2D eigenvalue weighted by atomic mass is 10.2. The van der Waals surface area contributed by atoms with Crippen LogP contribution in [0.5, 0.6) is 5.75 Å². The molecule has 0 aromatic heterocycles. The molecule has 72 valence electrons. The molecule has 3 heteroatoms. The third-order valence-corrected chi connectivity index (χ3v) is 2.51. The van der Waals surface area contributed by atoms with Gasteiger partial charge in [0.15, 0.2) is 0 Å². The molecule has 0 N–H and O–H groups in total. The van der Waals surface area contributed by atoms with Gasteiger partial charge in [-0.05, 0) is 47.0 Å². The van der Waals surface area contributed by atoms with E-state index in [1.54, 1.807) is 0 Å². The Kier molecular flexibility index (Phi) is 4.60. The molecule has 0 aliphatic carbocycles. The molecule has 0 radical (unpaired) electrons. The van der Waals surface area contributed by atoms with Crippen molar-refractivity contribution in [2.45, 2.75) is 13.3 Å². The minimum atomic E-state index is 0.642. The lowest BCUT2D eigenvalue weighted by Crippen LogP contribution is -1.98. The second-order valence-corrected chi connectivity index (χ2v) is 4.06. The zero-order chi connectivity index (χ0) is 9.68. The van der Waals surface area contributed by atoms with Crippen molar-refractivity contribution in [3.05, 3.63) is 28.2 Å². The Balaban J connectivity index is 2.56. The molecule has 1 nitrogen and oxygen atoms in total. The maximum atomic E-state index is 5.54. The van der Waals surface area contributed by atoms with E-state index >= 15 is 0 Å². The molecule has 0 saturated carbocycles. The minimum Gasteiger partial charge on any atom is -0.492 e. The summed E-state index contributed by atoms with van der Waals surface area (Å²) in [7, 11) is 0. The fourth-order valence-corrected chi connectivity index (χ4v) is 1.68. The summed E-state index contributed by atoms with van der Waals surface area (Å²) in [6.07, 6.45) is 0.877. The summed E-state index contributed by atoms with van der Waals surface area (Å²) >= 11 is 8.98. The number of rotatable bonds is 4. The quantitative estimate of drug-likeness (QED) is 0.593. The number of aryl methyl sites for hydroxylation is 1. The summed E-state index contributed by atoms with van der Waals surface area (Å²) in [6, 6.07) is 6.03. The van der Waals surface area contributed by atoms with Gasteiger partial charge in [0.25, 0.3) is 0 Å². The Hall–Kier alpha value is -0.210. The van der Waals surface area contributed by atoms with E-state index in [4.69, 9.17) is 16.3 Å². The first-order valence-corrected chi connectivity index (χ1v) is 5.51. The van der Waals surface area contributed by atoms with Gasteiger partial charge < -0.3 is 4.74 Å². The van der Waals surface area contributed by atoms with Crippen LogP contribution >= 0.6 is 27.5 Å². The Morgan fingerprint density at radius 3 is 2.85 bits per heavy atom. The Morgan fingerprint density at radius 1 is 1.46 bits per heavy atom. The first-order valence-electron chi connectivity index (χ1n) is 4.19. The summed E-state index contributed by atoms with van der Waals surface area (Å²) < 4.78 is 6.50. The largest absolute Gasteiger partial charge is 0.492 e. The monoisotopic (exact) mass is 262 g/mol. The highest BCUT2D eigenvalue weighted by molar-refractivity contribution is 9.10. The topological polar surface area (TPSA) is 9.23 Å². The van der Waals surface area contributed by atoms with E-state index < -0.39 is 0 Å². The van der Waals surface area contributed by atoms with Gasteiger partial charge in [0.2, 0.25) is 0 Å². The Morgan fingerprint density at radius 2 is 2.23 bits per heavy atom. The first-order chi connectivity index (χ1) is 6.24.